The van der Waals surface area contributed by atoms with E-state index in [4.69, 9.17) is 9.47 Å². The second-order valence-corrected chi connectivity index (χ2v) is 8.16. The normalized spacial score (nSPS) is 11.6. The van der Waals surface area contributed by atoms with Crippen molar-refractivity contribution in [3.63, 3.8) is 0 Å². The summed E-state index contributed by atoms with van der Waals surface area (Å²) in [5.41, 5.74) is 1.16. The van der Waals surface area contributed by atoms with E-state index in [0.29, 0.717) is 30.4 Å². The Labute approximate surface area is 174 Å². The van der Waals surface area contributed by atoms with Gasteiger partial charge in [0, 0.05) is 23.9 Å². The summed E-state index contributed by atoms with van der Waals surface area (Å²) in [5.74, 6) is -0.305. The number of hydrogen-bond donors (Lipinski definition) is 2. The van der Waals surface area contributed by atoms with Crippen molar-refractivity contribution in [2.24, 2.45) is 0 Å². The molecule has 0 radical (unpaired) electrons. The van der Waals surface area contributed by atoms with Crippen LogP contribution in [-0.2, 0) is 11.3 Å². The van der Waals surface area contributed by atoms with Gasteiger partial charge in [-0.3, -0.25) is 4.68 Å². The molecule has 2 N–H and O–H groups in total. The van der Waals surface area contributed by atoms with E-state index >= 15 is 0 Å². The zero-order valence-electron chi connectivity index (χ0n) is 17.9. The average molecular weight is 413 g/mol. The van der Waals surface area contributed by atoms with Crippen molar-refractivity contribution < 1.29 is 24.2 Å². The fraction of sp³-hybridized carbons (Fsp3) is 0.409. The number of aromatic nitrogens is 2. The van der Waals surface area contributed by atoms with Gasteiger partial charge in [0.2, 0.25) is 0 Å². The molecule has 0 atom stereocenters. The fourth-order valence-electron chi connectivity index (χ4n) is 3.41. The summed E-state index contributed by atoms with van der Waals surface area (Å²) in [5, 5.41) is 19.5. The Kier molecular flexibility index (Phi) is 5.87. The molecule has 30 heavy (non-hydrogen) atoms. The van der Waals surface area contributed by atoms with Gasteiger partial charge in [-0.1, -0.05) is 0 Å². The molecule has 8 heteroatoms. The number of aromatic carboxylic acids is 1. The molecule has 0 saturated carbocycles. The Bertz CT molecular complexity index is 1110. The van der Waals surface area contributed by atoms with Gasteiger partial charge in [-0.05, 0) is 69.3 Å². The lowest BCUT2D eigenvalue weighted by atomic mass is 10.0. The minimum atomic E-state index is -1.04. The molecular weight excluding hydrogens is 386 g/mol. The topological polar surface area (TPSA) is 103 Å². The maximum Gasteiger partial charge on any atom is 0.407 e. The first-order valence-electron chi connectivity index (χ1n) is 9.78. The second-order valence-electron chi connectivity index (χ2n) is 8.16. The summed E-state index contributed by atoms with van der Waals surface area (Å²) in [4.78, 5) is 23.7. The summed E-state index contributed by atoms with van der Waals surface area (Å²) in [6.07, 6.45) is 0.0141. The highest BCUT2D eigenvalue weighted by Gasteiger charge is 2.21. The van der Waals surface area contributed by atoms with E-state index in [1.54, 1.807) is 27.9 Å². The second kappa shape index (κ2) is 8.22. The summed E-state index contributed by atoms with van der Waals surface area (Å²) >= 11 is 0. The number of rotatable bonds is 6. The van der Waals surface area contributed by atoms with Crippen LogP contribution in [0.2, 0.25) is 0 Å². The molecule has 0 saturated heterocycles. The van der Waals surface area contributed by atoms with E-state index in [1.165, 1.54) is 4.68 Å². The Morgan fingerprint density at radius 1 is 1.17 bits per heavy atom. The number of aryl methyl sites for hydroxylation is 2. The van der Waals surface area contributed by atoms with Gasteiger partial charge in [0.1, 0.15) is 16.9 Å². The first-order chi connectivity index (χ1) is 14.1. The van der Waals surface area contributed by atoms with E-state index in [-0.39, 0.29) is 5.69 Å². The van der Waals surface area contributed by atoms with Gasteiger partial charge in [-0.15, -0.1) is 0 Å². The number of carbonyl (C=O) groups is 2. The molecule has 3 aromatic rings. The van der Waals surface area contributed by atoms with Crippen LogP contribution in [0.4, 0.5) is 4.79 Å². The van der Waals surface area contributed by atoms with E-state index < -0.39 is 17.7 Å². The number of carboxylic acids is 1. The number of ether oxygens (including phenoxy) is 2. The van der Waals surface area contributed by atoms with Crippen LogP contribution in [0.15, 0.2) is 24.3 Å². The predicted octanol–water partition coefficient (Wildman–Crippen LogP) is 4.12. The van der Waals surface area contributed by atoms with Crippen molar-refractivity contribution in [1.82, 2.24) is 15.1 Å². The zero-order chi connectivity index (χ0) is 22.1. The van der Waals surface area contributed by atoms with Crippen LogP contribution in [0.1, 0.15) is 43.2 Å². The highest BCUT2D eigenvalue weighted by molar-refractivity contribution is 6.13. The smallest absolute Gasteiger partial charge is 0.407 e. The molecule has 0 aliphatic rings. The molecule has 0 bridgehead atoms. The van der Waals surface area contributed by atoms with E-state index in [0.717, 1.165) is 22.1 Å². The number of fused-ring (bicyclic) bond motifs is 3. The van der Waals surface area contributed by atoms with Crippen molar-refractivity contribution in [3.8, 4) is 5.75 Å². The van der Waals surface area contributed by atoms with Gasteiger partial charge in [0.15, 0.2) is 5.69 Å². The summed E-state index contributed by atoms with van der Waals surface area (Å²) < 4.78 is 12.0. The third kappa shape index (κ3) is 4.48. The van der Waals surface area contributed by atoms with Gasteiger partial charge >= 0.3 is 12.1 Å². The third-order valence-electron chi connectivity index (χ3n) is 4.67. The van der Waals surface area contributed by atoms with Crippen LogP contribution in [0.25, 0.3) is 21.7 Å². The van der Waals surface area contributed by atoms with Crippen LogP contribution >= 0.6 is 0 Å². The van der Waals surface area contributed by atoms with Crippen molar-refractivity contribution >= 4 is 33.7 Å². The molecule has 1 amide bonds. The number of carboxylic acid groups (broad SMARTS) is 1. The standard InChI is InChI=1S/C22H27N3O5/c1-13-11-17-18(15-8-7-14(29-5)12-16(13)15)24-25(19(17)20(26)27)10-6-9-23-21(28)30-22(2,3)4/h7-8,11-12H,6,9-10H2,1-5H3,(H,23,28)(H,26,27). The number of nitrogens with zero attached hydrogens (tertiary/aromatic N) is 2. The molecule has 3 rings (SSSR count). The quantitative estimate of drug-likeness (QED) is 0.589. The molecule has 8 nitrogen and oxygen atoms in total. The molecule has 1 aromatic heterocycles. The SMILES string of the molecule is COc1ccc2c(c1)c(C)cc1c(C(=O)O)n(CCCNC(=O)OC(C)(C)C)nc12. The summed E-state index contributed by atoms with van der Waals surface area (Å²) in [6.45, 7) is 8.02. The number of hydrogen-bond acceptors (Lipinski definition) is 5. The highest BCUT2D eigenvalue weighted by atomic mass is 16.6. The Hall–Kier alpha value is -3.29. The highest BCUT2D eigenvalue weighted by Crippen LogP contribution is 2.32. The Balaban J connectivity index is 1.88. The van der Waals surface area contributed by atoms with Gasteiger partial charge in [-0.25, -0.2) is 9.59 Å². The lowest BCUT2D eigenvalue weighted by Crippen LogP contribution is -2.33. The summed E-state index contributed by atoms with van der Waals surface area (Å²) in [6, 6.07) is 7.51. The van der Waals surface area contributed by atoms with Gasteiger partial charge in [0.05, 0.1) is 7.11 Å². The van der Waals surface area contributed by atoms with Crippen LogP contribution in [0.5, 0.6) is 5.75 Å². The monoisotopic (exact) mass is 413 g/mol. The predicted molar refractivity (Wildman–Crippen MR) is 114 cm³/mol. The van der Waals surface area contributed by atoms with Crippen LogP contribution in [-0.4, -0.2) is 46.2 Å². The molecule has 0 unspecified atom stereocenters. The third-order valence-corrected chi connectivity index (χ3v) is 4.67. The van der Waals surface area contributed by atoms with Crippen molar-refractivity contribution in [1.29, 1.82) is 0 Å². The van der Waals surface area contributed by atoms with Crippen LogP contribution in [0.3, 0.4) is 0 Å². The average Bonchev–Trinajstić information content (AvgIpc) is 3.02. The fourth-order valence-corrected chi connectivity index (χ4v) is 3.41. The number of nitrogens with one attached hydrogen (secondary N) is 1. The molecule has 160 valence electrons. The number of carbonyl (C=O) groups excluding carboxylic acids is 1. The molecule has 0 fully saturated rings. The van der Waals surface area contributed by atoms with Crippen molar-refractivity contribution in [2.75, 3.05) is 13.7 Å². The minimum absolute atomic E-state index is 0.142. The minimum Gasteiger partial charge on any atom is -0.497 e. The molecule has 0 aliphatic carbocycles. The number of methoxy groups -OCH3 is 1. The van der Waals surface area contributed by atoms with E-state index in [2.05, 4.69) is 10.4 Å². The first-order valence-corrected chi connectivity index (χ1v) is 9.78. The van der Waals surface area contributed by atoms with Crippen molar-refractivity contribution in [2.45, 2.75) is 46.3 Å². The zero-order valence-corrected chi connectivity index (χ0v) is 17.9. The number of alkyl carbamates (subject to hydrolysis) is 1. The Morgan fingerprint density at radius 2 is 1.90 bits per heavy atom. The molecule has 1 heterocycles. The Morgan fingerprint density at radius 3 is 2.53 bits per heavy atom. The maximum absolute atomic E-state index is 12.0. The number of benzene rings is 2. The summed E-state index contributed by atoms with van der Waals surface area (Å²) in [7, 11) is 1.61. The van der Waals surface area contributed by atoms with E-state index in [1.807, 2.05) is 31.2 Å². The lowest BCUT2D eigenvalue weighted by Gasteiger charge is -2.19. The van der Waals surface area contributed by atoms with Crippen LogP contribution < -0.4 is 10.1 Å². The van der Waals surface area contributed by atoms with Gasteiger partial charge in [-0.2, -0.15) is 5.10 Å². The molecule has 0 aliphatic heterocycles. The molecular formula is C22H27N3O5. The maximum atomic E-state index is 12.0. The lowest BCUT2D eigenvalue weighted by molar-refractivity contribution is 0.0525. The largest absolute Gasteiger partial charge is 0.497 e. The van der Waals surface area contributed by atoms with Gasteiger partial charge in [0.25, 0.3) is 0 Å². The van der Waals surface area contributed by atoms with Crippen molar-refractivity contribution in [3.05, 3.63) is 35.5 Å². The van der Waals surface area contributed by atoms with Crippen LogP contribution in [0, 0.1) is 6.92 Å². The molecule has 0 spiro atoms. The number of amides is 1. The van der Waals surface area contributed by atoms with E-state index in [9.17, 15) is 14.7 Å². The first kappa shape index (κ1) is 21.4. The van der Waals surface area contributed by atoms with Gasteiger partial charge < -0.3 is 19.9 Å². The molecule has 2 aromatic carbocycles.